The molecule has 6 rings (SSSR count). The molecule has 5 N–H and O–H groups in total. The number of carbonyl (C=O) groups excluding carboxylic acids is 1. The zero-order valence-electron chi connectivity index (χ0n) is 33.8. The number of benzene rings is 3. The minimum absolute atomic E-state index is 0.0160. The summed E-state index contributed by atoms with van der Waals surface area (Å²) in [4.78, 5) is 37.5. The average molecular weight is 781 g/mol. The van der Waals surface area contributed by atoms with E-state index in [1.165, 1.54) is 42.7 Å². The van der Waals surface area contributed by atoms with Crippen LogP contribution in [0.5, 0.6) is 35.3 Å². The van der Waals surface area contributed by atoms with Crippen LogP contribution >= 0.6 is 0 Å². The highest BCUT2D eigenvalue weighted by atomic mass is 16.5. The first-order valence-electron chi connectivity index (χ1n) is 17.0. The van der Waals surface area contributed by atoms with E-state index in [0.29, 0.717) is 55.7 Å². The number of hydrogen-bond donors (Lipinski definition) is 3. The third kappa shape index (κ3) is 8.37. The Balaban J connectivity index is 0.000000190. The van der Waals surface area contributed by atoms with Crippen molar-refractivity contribution in [3.05, 3.63) is 68.3 Å². The number of rotatable bonds is 8. The Morgan fingerprint density at radius 2 is 0.877 bits per heavy atom. The highest BCUT2D eigenvalue weighted by Gasteiger charge is 2.20. The zero-order chi connectivity index (χ0) is 42.3. The summed E-state index contributed by atoms with van der Waals surface area (Å²) in [5.74, 6) is 1.07. The van der Waals surface area contributed by atoms with Crippen LogP contribution in [0, 0.1) is 52.9 Å². The maximum absolute atomic E-state index is 11.6. The number of aromatic nitrogens is 6. The van der Waals surface area contributed by atoms with Gasteiger partial charge in [0.15, 0.2) is 5.84 Å². The van der Waals surface area contributed by atoms with Gasteiger partial charge in [-0.25, -0.2) is 29.9 Å². The van der Waals surface area contributed by atoms with Crippen molar-refractivity contribution >= 4 is 44.8 Å². The van der Waals surface area contributed by atoms with Crippen LogP contribution in [0.4, 0.5) is 0 Å². The quantitative estimate of drug-likeness (QED) is 0.0806. The summed E-state index contributed by atoms with van der Waals surface area (Å²) >= 11 is 0. The van der Waals surface area contributed by atoms with Gasteiger partial charge in [0.2, 0.25) is 0 Å². The Morgan fingerprint density at radius 3 is 1.23 bits per heavy atom. The molecule has 298 valence electrons. The number of ether oxygens (including phenoxy) is 6. The van der Waals surface area contributed by atoms with E-state index < -0.39 is 5.91 Å². The number of hydrogen-bond acceptors (Lipinski definition) is 16. The molecule has 0 aliphatic heterocycles. The standard InChI is InChI=1S/C13H16N4O3.C13H15N3O3.C13H13N3O2/c1-6-5-8-10(9(7(6)2)11(14)17-18)16-13(20-4)12(15-8)19-3;1-6-5-8-10(9(7(6)2)11(14)17)16-13(19-4)12(15-8)18-3;1-7-5-10-11(9(6-14)8(7)2)16-13(18-4)12(15-10)17-3/h5,18H,1-4H3,(H2,14,17);5H,1-4H3,(H2,14,17);5H,1-4H3. The predicted octanol–water partition coefficient (Wildman–Crippen LogP) is 4.86. The number of nitrogens with zero attached hydrogens (tertiary/aromatic N) is 8. The third-order valence-corrected chi connectivity index (χ3v) is 9.13. The largest absolute Gasteiger partial charge is 0.477 e. The van der Waals surface area contributed by atoms with E-state index in [2.05, 4.69) is 41.1 Å². The van der Waals surface area contributed by atoms with Gasteiger partial charge in [-0.05, 0) is 93.1 Å². The van der Waals surface area contributed by atoms with Gasteiger partial charge in [-0.3, -0.25) is 4.79 Å². The molecule has 1 amide bonds. The van der Waals surface area contributed by atoms with Crippen LogP contribution in [0.2, 0.25) is 0 Å². The van der Waals surface area contributed by atoms with Crippen LogP contribution in [0.15, 0.2) is 23.4 Å². The molecule has 0 unspecified atom stereocenters. The minimum Gasteiger partial charge on any atom is -0.477 e. The SMILES string of the molecule is COc1nc2cc(C)c(C)c(/C(N)=N\O)c2nc1OC.COc1nc2cc(C)c(C)c(C#N)c2nc1OC.COc1nc2cc(C)c(C)c(C(N)=O)c2nc1OC. The summed E-state index contributed by atoms with van der Waals surface area (Å²) in [5, 5.41) is 21.3. The molecule has 0 bridgehead atoms. The summed E-state index contributed by atoms with van der Waals surface area (Å²) in [7, 11) is 8.90. The molecule has 0 saturated heterocycles. The maximum atomic E-state index is 11.6. The number of oxime groups is 1. The monoisotopic (exact) mass is 780 g/mol. The zero-order valence-corrected chi connectivity index (χ0v) is 33.8. The molecule has 0 radical (unpaired) electrons. The van der Waals surface area contributed by atoms with Crippen molar-refractivity contribution < 1.29 is 38.4 Å². The Morgan fingerprint density at radius 1 is 0.561 bits per heavy atom. The molecule has 0 fully saturated rings. The number of carbonyl (C=O) groups is 1. The Labute approximate surface area is 328 Å². The van der Waals surface area contributed by atoms with Crippen molar-refractivity contribution in [2.75, 3.05) is 42.7 Å². The lowest BCUT2D eigenvalue weighted by Gasteiger charge is -2.13. The van der Waals surface area contributed by atoms with Gasteiger partial charge in [-0.1, -0.05) is 5.16 Å². The van der Waals surface area contributed by atoms with Gasteiger partial charge in [0.25, 0.3) is 41.2 Å². The average Bonchev–Trinajstić information content (AvgIpc) is 3.21. The van der Waals surface area contributed by atoms with Crippen LogP contribution < -0.4 is 39.9 Å². The topological polar surface area (TPSA) is 258 Å². The Kier molecular flexibility index (Phi) is 13.3. The fourth-order valence-corrected chi connectivity index (χ4v) is 5.77. The van der Waals surface area contributed by atoms with E-state index in [4.69, 9.17) is 45.1 Å². The van der Waals surface area contributed by atoms with Crippen LogP contribution in [0.3, 0.4) is 0 Å². The molecule has 18 heteroatoms. The summed E-state index contributed by atoms with van der Waals surface area (Å²) in [5.41, 5.74) is 21.3. The Bertz CT molecular complexity index is 2590. The van der Waals surface area contributed by atoms with Gasteiger partial charge < -0.3 is 45.1 Å². The van der Waals surface area contributed by atoms with Crippen LogP contribution in [-0.2, 0) is 0 Å². The van der Waals surface area contributed by atoms with Crippen molar-refractivity contribution in [2.45, 2.75) is 41.5 Å². The molecule has 0 saturated carbocycles. The number of aryl methyl sites for hydroxylation is 3. The first-order chi connectivity index (χ1) is 27.1. The smallest absolute Gasteiger partial charge is 0.278 e. The van der Waals surface area contributed by atoms with Crippen LogP contribution in [-0.4, -0.2) is 89.5 Å². The van der Waals surface area contributed by atoms with Crippen LogP contribution in [0.1, 0.15) is 54.9 Å². The van der Waals surface area contributed by atoms with Crippen molar-refractivity contribution in [3.63, 3.8) is 0 Å². The number of amidine groups is 1. The molecule has 0 atom stereocenters. The summed E-state index contributed by atoms with van der Waals surface area (Å²) < 4.78 is 30.7. The van der Waals surface area contributed by atoms with Gasteiger partial charge in [0, 0.05) is 0 Å². The summed E-state index contributed by atoms with van der Waals surface area (Å²) in [6.45, 7) is 11.3. The van der Waals surface area contributed by atoms with E-state index >= 15 is 0 Å². The van der Waals surface area contributed by atoms with Gasteiger partial charge >= 0.3 is 0 Å². The van der Waals surface area contributed by atoms with Crippen molar-refractivity contribution in [1.82, 2.24) is 29.9 Å². The van der Waals surface area contributed by atoms with E-state index in [1.54, 1.807) is 0 Å². The molecule has 18 nitrogen and oxygen atoms in total. The molecule has 3 aromatic carbocycles. The van der Waals surface area contributed by atoms with Crippen molar-refractivity contribution in [3.8, 4) is 41.3 Å². The molecule has 3 aromatic heterocycles. The second-order valence-corrected chi connectivity index (χ2v) is 12.4. The number of fused-ring (bicyclic) bond motifs is 3. The van der Waals surface area contributed by atoms with E-state index in [-0.39, 0.29) is 35.2 Å². The highest BCUT2D eigenvalue weighted by molar-refractivity contribution is 6.08. The molecular formula is C39H44N10O8. The summed E-state index contributed by atoms with van der Waals surface area (Å²) in [6, 6.07) is 7.77. The van der Waals surface area contributed by atoms with E-state index in [9.17, 15) is 10.1 Å². The Hall–Kier alpha value is -7.29. The van der Waals surface area contributed by atoms with Gasteiger partial charge in [-0.2, -0.15) is 5.26 Å². The molecule has 0 aliphatic rings. The number of methoxy groups -OCH3 is 6. The molecule has 6 aromatic rings. The lowest BCUT2D eigenvalue weighted by Crippen LogP contribution is -2.17. The van der Waals surface area contributed by atoms with E-state index in [1.807, 2.05) is 59.7 Å². The lowest BCUT2D eigenvalue weighted by atomic mass is 10.0. The normalized spacial score (nSPS) is 10.8. The second-order valence-electron chi connectivity index (χ2n) is 12.4. The molecule has 3 heterocycles. The first-order valence-corrected chi connectivity index (χ1v) is 17.0. The van der Waals surface area contributed by atoms with Crippen LogP contribution in [0.25, 0.3) is 33.1 Å². The number of amides is 1. The summed E-state index contributed by atoms with van der Waals surface area (Å²) in [6.07, 6.45) is 0. The number of primary amides is 1. The molecule has 57 heavy (non-hydrogen) atoms. The lowest BCUT2D eigenvalue weighted by molar-refractivity contribution is 0.100. The van der Waals surface area contributed by atoms with Gasteiger partial charge in [-0.15, -0.1) is 0 Å². The third-order valence-electron chi connectivity index (χ3n) is 9.13. The highest BCUT2D eigenvalue weighted by Crippen LogP contribution is 2.32. The first kappa shape index (κ1) is 42.5. The van der Waals surface area contributed by atoms with Crippen molar-refractivity contribution in [1.29, 1.82) is 5.26 Å². The number of nitrogens with two attached hydrogens (primary N) is 2. The fraction of sp³-hybridized carbons (Fsp3) is 0.308. The van der Waals surface area contributed by atoms with Gasteiger partial charge in [0.1, 0.15) is 22.6 Å². The number of nitriles is 1. The second kappa shape index (κ2) is 17.9. The minimum atomic E-state index is -0.535. The van der Waals surface area contributed by atoms with Crippen molar-refractivity contribution in [2.24, 2.45) is 16.6 Å². The predicted molar refractivity (Wildman–Crippen MR) is 212 cm³/mol. The fourth-order valence-electron chi connectivity index (χ4n) is 5.77. The van der Waals surface area contributed by atoms with E-state index in [0.717, 1.165) is 33.4 Å². The van der Waals surface area contributed by atoms with Gasteiger partial charge in [0.05, 0.1) is 75.9 Å². The molecule has 0 aliphatic carbocycles. The molecular weight excluding hydrogens is 736 g/mol. The molecule has 0 spiro atoms. The maximum Gasteiger partial charge on any atom is 0.278 e.